The van der Waals surface area contributed by atoms with E-state index in [0.717, 1.165) is 63.0 Å². The molecule has 2 N–H and O–H groups in total. The molecule has 0 amide bonds. The van der Waals surface area contributed by atoms with Crippen molar-refractivity contribution in [2.45, 2.75) is 20.3 Å². The maximum atomic E-state index is 5.63. The van der Waals surface area contributed by atoms with Gasteiger partial charge < -0.3 is 24.8 Å². The summed E-state index contributed by atoms with van der Waals surface area (Å²) in [5, 5.41) is 7.07. The zero-order chi connectivity index (χ0) is 17.9. The van der Waals surface area contributed by atoms with Gasteiger partial charge in [-0.3, -0.25) is 4.90 Å². The van der Waals surface area contributed by atoms with Gasteiger partial charge in [-0.2, -0.15) is 0 Å². The first kappa shape index (κ1) is 19.8. The molecular weight excluding hydrogens is 338 g/mol. The van der Waals surface area contributed by atoms with E-state index in [-0.39, 0.29) is 0 Å². The zero-order valence-electron chi connectivity index (χ0n) is 15.2. The van der Waals surface area contributed by atoms with Crippen LogP contribution in [-0.4, -0.2) is 62.6 Å². The molecule has 25 heavy (non-hydrogen) atoms. The highest BCUT2D eigenvalue weighted by atomic mass is 32.1. The predicted octanol–water partition coefficient (Wildman–Crippen LogP) is 2.49. The van der Waals surface area contributed by atoms with E-state index in [9.17, 15) is 0 Å². The summed E-state index contributed by atoms with van der Waals surface area (Å²) in [6, 6.07) is 5.75. The van der Waals surface area contributed by atoms with Crippen LogP contribution in [0.5, 0.6) is 11.5 Å². The molecule has 1 aromatic rings. The van der Waals surface area contributed by atoms with Crippen molar-refractivity contribution in [3.63, 3.8) is 0 Å². The van der Waals surface area contributed by atoms with Gasteiger partial charge >= 0.3 is 0 Å². The molecule has 0 atom stereocenters. The first-order chi connectivity index (χ1) is 12.2. The number of rotatable bonds is 9. The summed E-state index contributed by atoms with van der Waals surface area (Å²) >= 11 is 5.37. The molecule has 0 unspecified atom stereocenters. The van der Waals surface area contributed by atoms with Crippen molar-refractivity contribution in [2.75, 3.05) is 57.9 Å². The normalized spacial score (nSPS) is 14.8. The second-order valence-corrected chi connectivity index (χ2v) is 6.12. The average molecular weight is 368 g/mol. The Balaban J connectivity index is 1.74. The van der Waals surface area contributed by atoms with E-state index in [4.69, 9.17) is 26.4 Å². The third-order valence-electron chi connectivity index (χ3n) is 3.84. The minimum Gasteiger partial charge on any atom is -0.490 e. The van der Waals surface area contributed by atoms with Crippen molar-refractivity contribution in [2.24, 2.45) is 0 Å². The number of thiocarbonyl (C=S) groups is 1. The number of anilines is 1. The SMILES string of the molecule is CCOc1ccc(NC(=S)NCCCN2CCOCC2)cc1OCC. The van der Waals surface area contributed by atoms with Gasteiger partial charge in [0.15, 0.2) is 16.6 Å². The molecule has 1 fully saturated rings. The molecule has 0 aromatic heterocycles. The Morgan fingerprint density at radius 3 is 2.60 bits per heavy atom. The standard InChI is InChI=1S/C18H29N3O3S/c1-3-23-16-7-6-15(14-17(16)24-4-2)20-18(25)19-8-5-9-21-10-12-22-13-11-21/h6-7,14H,3-5,8-13H2,1-2H3,(H2,19,20,25). The van der Waals surface area contributed by atoms with Crippen LogP contribution in [0, 0.1) is 0 Å². The van der Waals surface area contributed by atoms with Crippen LogP contribution in [0.3, 0.4) is 0 Å². The minimum absolute atomic E-state index is 0.591. The number of ether oxygens (including phenoxy) is 3. The molecule has 1 aliphatic heterocycles. The molecule has 6 nitrogen and oxygen atoms in total. The molecule has 0 spiro atoms. The van der Waals surface area contributed by atoms with Gasteiger partial charge in [-0.1, -0.05) is 0 Å². The lowest BCUT2D eigenvalue weighted by atomic mass is 10.2. The monoisotopic (exact) mass is 367 g/mol. The van der Waals surface area contributed by atoms with Gasteiger partial charge in [0.25, 0.3) is 0 Å². The number of nitrogens with zero attached hydrogens (tertiary/aromatic N) is 1. The van der Waals surface area contributed by atoms with Crippen LogP contribution >= 0.6 is 12.2 Å². The Morgan fingerprint density at radius 1 is 1.16 bits per heavy atom. The summed E-state index contributed by atoms with van der Waals surface area (Å²) in [4.78, 5) is 2.42. The fourth-order valence-electron chi connectivity index (χ4n) is 2.63. The van der Waals surface area contributed by atoms with Gasteiger partial charge in [0.05, 0.1) is 26.4 Å². The van der Waals surface area contributed by atoms with E-state index in [1.807, 2.05) is 32.0 Å². The van der Waals surface area contributed by atoms with Crippen molar-refractivity contribution < 1.29 is 14.2 Å². The van der Waals surface area contributed by atoms with E-state index in [1.54, 1.807) is 0 Å². The Morgan fingerprint density at radius 2 is 1.88 bits per heavy atom. The number of nitrogens with one attached hydrogen (secondary N) is 2. The quantitative estimate of drug-likeness (QED) is 0.514. The molecular formula is C18H29N3O3S. The molecule has 0 saturated carbocycles. The van der Waals surface area contributed by atoms with Gasteiger partial charge in [0.1, 0.15) is 0 Å². The lowest BCUT2D eigenvalue weighted by Gasteiger charge is -2.26. The molecule has 140 valence electrons. The maximum absolute atomic E-state index is 5.63. The van der Waals surface area contributed by atoms with Crippen LogP contribution in [0.1, 0.15) is 20.3 Å². The molecule has 0 aliphatic carbocycles. The Labute approximate surface area is 155 Å². The summed E-state index contributed by atoms with van der Waals surface area (Å²) in [5.41, 5.74) is 0.887. The van der Waals surface area contributed by atoms with Crippen LogP contribution < -0.4 is 20.1 Å². The molecule has 7 heteroatoms. The Hall–Kier alpha value is -1.57. The number of benzene rings is 1. The smallest absolute Gasteiger partial charge is 0.170 e. The maximum Gasteiger partial charge on any atom is 0.170 e. The van der Waals surface area contributed by atoms with Crippen LogP contribution in [0.4, 0.5) is 5.69 Å². The molecule has 0 bridgehead atoms. The van der Waals surface area contributed by atoms with Crippen LogP contribution in [0.2, 0.25) is 0 Å². The highest BCUT2D eigenvalue weighted by Crippen LogP contribution is 2.30. The summed E-state index contributed by atoms with van der Waals surface area (Å²) < 4.78 is 16.6. The predicted molar refractivity (Wildman–Crippen MR) is 105 cm³/mol. The number of hydrogen-bond acceptors (Lipinski definition) is 5. The molecule has 0 radical (unpaired) electrons. The van der Waals surface area contributed by atoms with Crippen LogP contribution in [0.15, 0.2) is 18.2 Å². The third kappa shape index (κ3) is 7.05. The first-order valence-corrected chi connectivity index (χ1v) is 9.38. The molecule has 1 saturated heterocycles. The van der Waals surface area contributed by atoms with Gasteiger partial charge in [-0.05, 0) is 51.2 Å². The van der Waals surface area contributed by atoms with Gasteiger partial charge in [0, 0.05) is 31.4 Å². The van der Waals surface area contributed by atoms with E-state index >= 15 is 0 Å². The molecule has 1 heterocycles. The van der Waals surface area contributed by atoms with Gasteiger partial charge in [-0.15, -0.1) is 0 Å². The minimum atomic E-state index is 0.591. The largest absolute Gasteiger partial charge is 0.490 e. The highest BCUT2D eigenvalue weighted by molar-refractivity contribution is 7.80. The topological polar surface area (TPSA) is 55.0 Å². The van der Waals surface area contributed by atoms with Crippen molar-refractivity contribution in [1.82, 2.24) is 10.2 Å². The Bertz CT molecular complexity index is 536. The number of morpholine rings is 1. The van der Waals surface area contributed by atoms with E-state index in [1.165, 1.54) is 0 Å². The highest BCUT2D eigenvalue weighted by Gasteiger charge is 2.10. The second kappa shape index (κ2) is 11.1. The summed E-state index contributed by atoms with van der Waals surface area (Å²) in [5.74, 6) is 1.48. The fraction of sp³-hybridized carbons (Fsp3) is 0.611. The van der Waals surface area contributed by atoms with E-state index in [0.29, 0.717) is 18.3 Å². The first-order valence-electron chi connectivity index (χ1n) is 8.97. The molecule has 1 aliphatic rings. The average Bonchev–Trinajstić information content (AvgIpc) is 2.62. The molecule has 2 rings (SSSR count). The summed E-state index contributed by atoms with van der Waals surface area (Å²) in [6.45, 7) is 10.7. The second-order valence-electron chi connectivity index (χ2n) is 5.72. The van der Waals surface area contributed by atoms with Gasteiger partial charge in [-0.25, -0.2) is 0 Å². The fourth-order valence-corrected chi connectivity index (χ4v) is 2.85. The summed E-state index contributed by atoms with van der Waals surface area (Å²) in [7, 11) is 0. The number of hydrogen-bond donors (Lipinski definition) is 2. The summed E-state index contributed by atoms with van der Waals surface area (Å²) in [6.07, 6.45) is 1.05. The van der Waals surface area contributed by atoms with Crippen molar-refractivity contribution in [3.05, 3.63) is 18.2 Å². The molecule has 1 aromatic carbocycles. The third-order valence-corrected chi connectivity index (χ3v) is 4.09. The Kier molecular flexibility index (Phi) is 8.79. The van der Waals surface area contributed by atoms with Crippen LogP contribution in [-0.2, 0) is 4.74 Å². The van der Waals surface area contributed by atoms with Crippen molar-refractivity contribution in [1.29, 1.82) is 0 Å². The van der Waals surface area contributed by atoms with E-state index < -0.39 is 0 Å². The van der Waals surface area contributed by atoms with Gasteiger partial charge in [0.2, 0.25) is 0 Å². The van der Waals surface area contributed by atoms with Crippen LogP contribution in [0.25, 0.3) is 0 Å². The van der Waals surface area contributed by atoms with Crippen molar-refractivity contribution >= 4 is 23.0 Å². The van der Waals surface area contributed by atoms with Crippen molar-refractivity contribution in [3.8, 4) is 11.5 Å². The lowest BCUT2D eigenvalue weighted by molar-refractivity contribution is 0.0376. The lowest BCUT2D eigenvalue weighted by Crippen LogP contribution is -2.38. The van der Waals surface area contributed by atoms with E-state index in [2.05, 4.69) is 15.5 Å². The zero-order valence-corrected chi connectivity index (χ0v) is 16.0.